The van der Waals surface area contributed by atoms with Crippen LogP contribution in [0.3, 0.4) is 0 Å². The number of nitrogens with zero attached hydrogens (tertiary/aromatic N) is 1. The van der Waals surface area contributed by atoms with Crippen molar-refractivity contribution in [3.8, 4) is 0 Å². The Bertz CT molecular complexity index is 789. The SMILES string of the molecule is O=C(NCC1CCC2(CC1)OOC1(O2)C2CC3CC(C2)CC1C3)c1cc[n+]([O-])cc1. The maximum Gasteiger partial charge on any atom is 0.251 e. The van der Waals surface area contributed by atoms with Gasteiger partial charge in [0.25, 0.3) is 5.91 Å². The highest BCUT2D eigenvalue weighted by molar-refractivity contribution is 5.93. The van der Waals surface area contributed by atoms with Crippen molar-refractivity contribution in [3.05, 3.63) is 35.3 Å². The standard InChI is InChI=1S/C23H30N2O5/c26-21(18-3-7-25(27)8-4-18)24-14-15-1-5-22(6-2-15)28-23(30-29-22)19-10-16-9-17(12-19)13-20(23)11-16/h3-4,7-8,15-17,19-20H,1-2,5-6,9-14H2,(H,24,26). The molecule has 1 aliphatic heterocycles. The zero-order valence-corrected chi connectivity index (χ0v) is 17.3. The number of rotatable bonds is 3. The van der Waals surface area contributed by atoms with Crippen molar-refractivity contribution in [2.75, 3.05) is 6.54 Å². The van der Waals surface area contributed by atoms with Gasteiger partial charge in [-0.3, -0.25) is 4.79 Å². The van der Waals surface area contributed by atoms with Gasteiger partial charge in [0.15, 0.2) is 12.4 Å². The molecule has 1 aromatic heterocycles. The second kappa shape index (κ2) is 6.90. The van der Waals surface area contributed by atoms with Crippen LogP contribution >= 0.6 is 0 Å². The number of hydrogen-bond acceptors (Lipinski definition) is 5. The summed E-state index contributed by atoms with van der Waals surface area (Å²) in [6.07, 6.45) is 12.5. The first-order chi connectivity index (χ1) is 14.5. The minimum atomic E-state index is -0.600. The number of hydrogen-bond donors (Lipinski definition) is 1. The lowest BCUT2D eigenvalue weighted by Crippen LogP contribution is -2.59. The van der Waals surface area contributed by atoms with Crippen molar-refractivity contribution >= 4 is 5.91 Å². The first-order valence-electron chi connectivity index (χ1n) is 11.6. The maximum absolute atomic E-state index is 12.3. The van der Waals surface area contributed by atoms with Crippen molar-refractivity contribution in [2.24, 2.45) is 29.6 Å². The Morgan fingerprint density at radius 3 is 2.30 bits per heavy atom. The van der Waals surface area contributed by atoms with E-state index in [1.807, 2.05) is 0 Å². The highest BCUT2D eigenvalue weighted by Gasteiger charge is 2.66. The lowest BCUT2D eigenvalue weighted by molar-refractivity contribution is -0.605. The molecule has 6 aliphatic rings. The summed E-state index contributed by atoms with van der Waals surface area (Å²) < 4.78 is 7.42. The van der Waals surface area contributed by atoms with E-state index in [9.17, 15) is 10.0 Å². The van der Waals surface area contributed by atoms with Gasteiger partial charge in [0.05, 0.1) is 5.56 Å². The molecule has 6 fully saturated rings. The molecular weight excluding hydrogens is 384 g/mol. The largest absolute Gasteiger partial charge is 0.619 e. The number of aromatic nitrogens is 1. The molecule has 1 amide bonds. The van der Waals surface area contributed by atoms with E-state index in [1.165, 1.54) is 44.5 Å². The van der Waals surface area contributed by atoms with Gasteiger partial charge in [-0.2, -0.15) is 14.5 Å². The molecular formula is C23H30N2O5. The van der Waals surface area contributed by atoms with Gasteiger partial charge in [0, 0.05) is 43.4 Å². The molecule has 1 N–H and O–H groups in total. The fraction of sp³-hybridized carbons (Fsp3) is 0.739. The molecule has 0 unspecified atom stereocenters. The lowest BCUT2D eigenvalue weighted by atomic mass is 9.53. The van der Waals surface area contributed by atoms with Gasteiger partial charge < -0.3 is 15.3 Å². The first kappa shape index (κ1) is 19.0. The van der Waals surface area contributed by atoms with Gasteiger partial charge in [-0.25, -0.2) is 0 Å². The normalized spacial score (nSPS) is 44.1. The molecule has 7 rings (SSSR count). The van der Waals surface area contributed by atoms with Crippen LogP contribution in [-0.2, 0) is 14.5 Å². The average Bonchev–Trinajstić information content (AvgIpc) is 3.12. The van der Waals surface area contributed by atoms with E-state index < -0.39 is 11.6 Å². The van der Waals surface area contributed by atoms with E-state index in [-0.39, 0.29) is 5.91 Å². The zero-order valence-electron chi connectivity index (χ0n) is 17.3. The number of ether oxygens (including phenoxy) is 1. The summed E-state index contributed by atoms with van der Waals surface area (Å²) in [6.45, 7) is 0.627. The fourth-order valence-corrected chi connectivity index (χ4v) is 7.02. The third-order valence-corrected chi connectivity index (χ3v) is 8.43. The van der Waals surface area contributed by atoms with Crippen LogP contribution in [0.5, 0.6) is 0 Å². The van der Waals surface area contributed by atoms with E-state index in [4.69, 9.17) is 14.5 Å². The van der Waals surface area contributed by atoms with Crippen molar-refractivity contribution < 1.29 is 24.0 Å². The number of pyridine rings is 1. The van der Waals surface area contributed by atoms with Gasteiger partial charge in [-0.15, -0.1) is 0 Å². The predicted molar refractivity (Wildman–Crippen MR) is 105 cm³/mol. The Balaban J connectivity index is 1.04. The summed E-state index contributed by atoms with van der Waals surface area (Å²) in [6, 6.07) is 3.08. The first-order valence-corrected chi connectivity index (χ1v) is 11.6. The molecule has 7 heteroatoms. The topological polar surface area (TPSA) is 83.7 Å². The molecule has 5 saturated carbocycles. The fourth-order valence-electron chi connectivity index (χ4n) is 7.02. The second-order valence-electron chi connectivity index (χ2n) is 10.3. The predicted octanol–water partition coefficient (Wildman–Crippen LogP) is 3.07. The van der Waals surface area contributed by atoms with Crippen LogP contribution in [-0.4, -0.2) is 24.0 Å². The lowest BCUT2D eigenvalue weighted by Gasteiger charge is -2.57. The minimum Gasteiger partial charge on any atom is -0.619 e. The summed E-state index contributed by atoms with van der Waals surface area (Å²) >= 11 is 0. The van der Waals surface area contributed by atoms with Crippen molar-refractivity contribution in [2.45, 2.75) is 69.4 Å². The van der Waals surface area contributed by atoms with Crippen molar-refractivity contribution in [3.63, 3.8) is 0 Å². The molecule has 2 spiro atoms. The molecule has 1 aromatic rings. The Kier molecular flexibility index (Phi) is 4.38. The number of carbonyl (C=O) groups is 1. The molecule has 5 aliphatic carbocycles. The highest BCUT2D eigenvalue weighted by Crippen LogP contribution is 2.63. The summed E-state index contributed by atoms with van der Waals surface area (Å²) in [5, 5.41) is 14.1. The van der Waals surface area contributed by atoms with Crippen LogP contribution in [0, 0.1) is 34.8 Å². The molecule has 30 heavy (non-hydrogen) atoms. The van der Waals surface area contributed by atoms with Crippen LogP contribution in [0.25, 0.3) is 0 Å². The van der Waals surface area contributed by atoms with Crippen LogP contribution in [0.4, 0.5) is 0 Å². The van der Waals surface area contributed by atoms with Crippen molar-refractivity contribution in [1.29, 1.82) is 0 Å². The Morgan fingerprint density at radius 2 is 1.67 bits per heavy atom. The monoisotopic (exact) mass is 414 g/mol. The van der Waals surface area contributed by atoms with Gasteiger partial charge in [0.2, 0.25) is 11.6 Å². The van der Waals surface area contributed by atoms with Gasteiger partial charge >= 0.3 is 0 Å². The van der Waals surface area contributed by atoms with Gasteiger partial charge in [-0.05, 0) is 62.7 Å². The smallest absolute Gasteiger partial charge is 0.251 e. The van der Waals surface area contributed by atoms with Gasteiger partial charge in [0.1, 0.15) is 0 Å². The van der Waals surface area contributed by atoms with E-state index in [1.54, 1.807) is 12.1 Å². The van der Waals surface area contributed by atoms with Crippen molar-refractivity contribution in [1.82, 2.24) is 5.32 Å². The Morgan fingerprint density at radius 1 is 1.03 bits per heavy atom. The molecule has 0 aromatic carbocycles. The summed E-state index contributed by atoms with van der Waals surface area (Å²) in [4.78, 5) is 24.4. The molecule has 0 atom stereocenters. The molecule has 7 nitrogen and oxygen atoms in total. The number of amides is 1. The molecule has 162 valence electrons. The zero-order chi connectivity index (χ0) is 20.3. The second-order valence-corrected chi connectivity index (χ2v) is 10.3. The van der Waals surface area contributed by atoms with Crippen LogP contribution < -0.4 is 10.0 Å². The Labute approximate surface area is 176 Å². The Hall–Kier alpha value is -1.70. The average molecular weight is 415 g/mol. The highest BCUT2D eigenvalue weighted by atomic mass is 17.3. The van der Waals surface area contributed by atoms with E-state index in [2.05, 4.69) is 5.32 Å². The van der Waals surface area contributed by atoms with E-state index in [0.29, 0.717) is 34.6 Å². The third kappa shape index (κ3) is 3.05. The summed E-state index contributed by atoms with van der Waals surface area (Å²) in [5.74, 6) is 1.87. The minimum absolute atomic E-state index is 0.139. The maximum atomic E-state index is 12.3. The third-order valence-electron chi connectivity index (χ3n) is 8.43. The van der Waals surface area contributed by atoms with E-state index >= 15 is 0 Å². The van der Waals surface area contributed by atoms with E-state index in [0.717, 1.165) is 37.5 Å². The molecule has 0 radical (unpaired) electrons. The molecule has 1 saturated heterocycles. The van der Waals surface area contributed by atoms with Crippen LogP contribution in [0.15, 0.2) is 24.5 Å². The molecule has 4 bridgehead atoms. The quantitative estimate of drug-likeness (QED) is 0.467. The summed E-state index contributed by atoms with van der Waals surface area (Å²) in [5.41, 5.74) is 0.508. The number of nitrogens with one attached hydrogen (secondary N) is 1. The molecule has 2 heterocycles. The van der Waals surface area contributed by atoms with Crippen LogP contribution in [0.2, 0.25) is 0 Å². The summed E-state index contributed by atoms with van der Waals surface area (Å²) in [7, 11) is 0. The van der Waals surface area contributed by atoms with Gasteiger partial charge in [-0.1, -0.05) is 0 Å². The number of carbonyl (C=O) groups excluding carboxylic acids is 1. The van der Waals surface area contributed by atoms with Crippen LogP contribution in [0.1, 0.15) is 68.1 Å².